The van der Waals surface area contributed by atoms with E-state index in [1.54, 1.807) is 6.07 Å². The molecule has 3 aromatic heterocycles. The molecule has 1 aliphatic heterocycles. The number of amides is 3. The van der Waals surface area contributed by atoms with Crippen molar-refractivity contribution < 1.29 is 36.3 Å². The maximum Gasteiger partial charge on any atom is 0.416 e. The van der Waals surface area contributed by atoms with Crippen molar-refractivity contribution in [2.45, 2.75) is 25.8 Å². The van der Waals surface area contributed by atoms with Crippen molar-refractivity contribution >= 4 is 23.5 Å². The molecule has 0 fully saturated rings. The summed E-state index contributed by atoms with van der Waals surface area (Å²) in [7, 11) is 0. The minimum Gasteiger partial charge on any atom is -0.349 e. The lowest BCUT2D eigenvalue weighted by Crippen LogP contribution is -2.37. The minimum atomic E-state index is -4.89. The van der Waals surface area contributed by atoms with Gasteiger partial charge in [0.05, 0.1) is 17.8 Å². The Morgan fingerprint density at radius 2 is 1.90 bits per heavy atom. The minimum absolute atomic E-state index is 0.0468. The Balaban J connectivity index is 1.36. The van der Waals surface area contributed by atoms with Crippen LogP contribution >= 0.6 is 0 Å². The van der Waals surface area contributed by atoms with E-state index in [1.165, 1.54) is 27.8 Å². The Morgan fingerprint density at radius 1 is 1.10 bits per heavy atom. The molecule has 0 unspecified atom stereocenters. The number of imidazole rings is 1. The number of benzene rings is 1. The number of anilines is 1. The quantitative estimate of drug-likeness (QED) is 0.310. The van der Waals surface area contributed by atoms with Crippen LogP contribution in [-0.4, -0.2) is 42.0 Å². The highest BCUT2D eigenvalue weighted by Crippen LogP contribution is 2.31. The van der Waals surface area contributed by atoms with Crippen molar-refractivity contribution in [1.29, 1.82) is 0 Å². The third kappa shape index (κ3) is 5.36. The maximum absolute atomic E-state index is 14.5. The third-order valence-electron chi connectivity index (χ3n) is 5.80. The van der Waals surface area contributed by atoms with Crippen LogP contribution in [0.2, 0.25) is 0 Å². The zero-order chi connectivity index (χ0) is 28.6. The number of pyridine rings is 1. The summed E-state index contributed by atoms with van der Waals surface area (Å²) in [5, 5.41) is 11.2. The Bertz CT molecular complexity index is 1630. The van der Waals surface area contributed by atoms with Crippen molar-refractivity contribution in [2.24, 2.45) is 0 Å². The Labute approximate surface area is 221 Å². The number of nitrogens with one attached hydrogen (secondary N) is 3. The van der Waals surface area contributed by atoms with Gasteiger partial charge in [-0.25, -0.2) is 23.4 Å². The van der Waals surface area contributed by atoms with Gasteiger partial charge in [0.15, 0.2) is 17.5 Å². The van der Waals surface area contributed by atoms with Crippen LogP contribution in [0.4, 0.5) is 27.8 Å². The van der Waals surface area contributed by atoms with E-state index < -0.39 is 46.7 Å². The van der Waals surface area contributed by atoms with E-state index in [1.807, 2.05) is 0 Å². The highest BCUT2D eigenvalue weighted by Gasteiger charge is 2.33. The SMILES string of the molecule is O=C1Cn2c(C(=O)NCc3cnc(-n4cccn4)c(F)c3)nc(NC(=O)c3cc(F)cc(C(F)(F)F)c3)c2CN1. The second-order valence-corrected chi connectivity index (χ2v) is 8.56. The van der Waals surface area contributed by atoms with Crippen LogP contribution in [0.25, 0.3) is 5.82 Å². The van der Waals surface area contributed by atoms with Gasteiger partial charge < -0.3 is 20.5 Å². The molecule has 4 aromatic rings. The molecular formula is C24H17F5N8O3. The molecule has 3 amide bonds. The van der Waals surface area contributed by atoms with E-state index in [0.29, 0.717) is 17.7 Å². The molecule has 0 radical (unpaired) electrons. The van der Waals surface area contributed by atoms with Gasteiger partial charge in [0.1, 0.15) is 12.4 Å². The van der Waals surface area contributed by atoms with Crippen LogP contribution < -0.4 is 16.0 Å². The lowest BCUT2D eigenvalue weighted by Gasteiger charge is -2.18. The summed E-state index contributed by atoms with van der Waals surface area (Å²) in [5.74, 6) is -4.90. The van der Waals surface area contributed by atoms with Gasteiger partial charge in [-0.2, -0.15) is 18.3 Å². The molecule has 3 N–H and O–H groups in total. The molecule has 0 aliphatic carbocycles. The van der Waals surface area contributed by atoms with Crippen LogP contribution in [0.5, 0.6) is 0 Å². The highest BCUT2D eigenvalue weighted by molar-refractivity contribution is 6.05. The fourth-order valence-electron chi connectivity index (χ4n) is 3.95. The number of hydrogen-bond acceptors (Lipinski definition) is 6. The van der Waals surface area contributed by atoms with Gasteiger partial charge in [0.2, 0.25) is 11.7 Å². The molecule has 0 spiro atoms. The fourth-order valence-corrected chi connectivity index (χ4v) is 3.95. The smallest absolute Gasteiger partial charge is 0.349 e. The molecule has 0 bridgehead atoms. The van der Waals surface area contributed by atoms with E-state index in [4.69, 9.17) is 0 Å². The van der Waals surface area contributed by atoms with Crippen molar-refractivity contribution in [2.75, 3.05) is 5.32 Å². The first-order valence-electron chi connectivity index (χ1n) is 11.5. The molecule has 206 valence electrons. The van der Waals surface area contributed by atoms with Crippen LogP contribution in [0.15, 0.2) is 48.9 Å². The average Bonchev–Trinajstić information content (AvgIpc) is 3.55. The normalized spacial score (nSPS) is 13.0. The Morgan fingerprint density at radius 3 is 2.60 bits per heavy atom. The van der Waals surface area contributed by atoms with Crippen molar-refractivity contribution in [1.82, 2.24) is 34.9 Å². The molecule has 0 saturated carbocycles. The largest absolute Gasteiger partial charge is 0.416 e. The van der Waals surface area contributed by atoms with Gasteiger partial charge in [-0.05, 0) is 35.9 Å². The third-order valence-corrected chi connectivity index (χ3v) is 5.80. The average molecular weight is 560 g/mol. The molecule has 5 rings (SSSR count). The second kappa shape index (κ2) is 10.2. The van der Waals surface area contributed by atoms with E-state index >= 15 is 0 Å². The zero-order valence-electron chi connectivity index (χ0n) is 20.1. The number of aromatic nitrogens is 5. The van der Waals surface area contributed by atoms with E-state index in [2.05, 4.69) is 31.0 Å². The molecule has 11 nitrogen and oxygen atoms in total. The predicted octanol–water partition coefficient (Wildman–Crippen LogP) is 2.57. The summed E-state index contributed by atoms with van der Waals surface area (Å²) in [5.41, 5.74) is -1.51. The number of hydrogen-bond donors (Lipinski definition) is 3. The maximum atomic E-state index is 14.5. The number of fused-ring (bicyclic) bond motifs is 1. The molecule has 0 atom stereocenters. The van der Waals surface area contributed by atoms with Gasteiger partial charge in [-0.1, -0.05) is 0 Å². The van der Waals surface area contributed by atoms with Gasteiger partial charge in [-0.15, -0.1) is 0 Å². The molecule has 40 heavy (non-hydrogen) atoms. The molecule has 1 aromatic carbocycles. The molecular weight excluding hydrogens is 543 g/mol. The summed E-state index contributed by atoms with van der Waals surface area (Å²) in [6, 6.07) is 4.09. The number of nitrogens with zero attached hydrogens (tertiary/aromatic N) is 5. The van der Waals surface area contributed by atoms with E-state index in [-0.39, 0.29) is 48.9 Å². The number of halogens is 5. The monoisotopic (exact) mass is 560 g/mol. The first-order chi connectivity index (χ1) is 19.0. The lowest BCUT2D eigenvalue weighted by molar-refractivity contribution is -0.137. The van der Waals surface area contributed by atoms with Crippen molar-refractivity contribution in [3.05, 3.63) is 88.8 Å². The number of rotatable bonds is 6. The summed E-state index contributed by atoms with van der Waals surface area (Å²) in [6.45, 7) is -0.675. The summed E-state index contributed by atoms with van der Waals surface area (Å²) in [4.78, 5) is 45.7. The first kappa shape index (κ1) is 26.5. The van der Waals surface area contributed by atoms with Crippen LogP contribution in [0.3, 0.4) is 0 Å². The summed E-state index contributed by atoms with van der Waals surface area (Å²) < 4.78 is 69.9. The molecule has 4 heterocycles. The number of carbonyl (C=O) groups is 3. The number of alkyl halides is 3. The lowest BCUT2D eigenvalue weighted by atomic mass is 10.1. The topological polar surface area (TPSA) is 136 Å². The van der Waals surface area contributed by atoms with Gasteiger partial charge in [-0.3, -0.25) is 14.4 Å². The standard InChI is InChI=1S/C24H17F5N8O3/c25-15-6-13(5-14(7-15)24(27,28)29)22(39)35-19-17-10-30-18(38)11-36(17)21(34-19)23(40)32-9-12-4-16(26)20(31-8-12)37-3-1-2-33-37/h1-8H,9-11H2,(H,30,38)(H,32,40)(H,35,39). The summed E-state index contributed by atoms with van der Waals surface area (Å²) >= 11 is 0. The van der Waals surface area contributed by atoms with Gasteiger partial charge in [0.25, 0.3) is 11.8 Å². The van der Waals surface area contributed by atoms with Gasteiger partial charge >= 0.3 is 6.18 Å². The van der Waals surface area contributed by atoms with Crippen LogP contribution in [0, 0.1) is 11.6 Å². The predicted molar refractivity (Wildman–Crippen MR) is 126 cm³/mol. The van der Waals surface area contributed by atoms with Crippen molar-refractivity contribution in [3.63, 3.8) is 0 Å². The highest BCUT2D eigenvalue weighted by atomic mass is 19.4. The van der Waals surface area contributed by atoms with E-state index in [9.17, 15) is 36.3 Å². The van der Waals surface area contributed by atoms with Gasteiger partial charge in [0, 0.05) is 30.7 Å². The zero-order valence-corrected chi connectivity index (χ0v) is 20.1. The molecule has 1 aliphatic rings. The van der Waals surface area contributed by atoms with Crippen LogP contribution in [0.1, 0.15) is 37.8 Å². The van der Waals surface area contributed by atoms with E-state index in [0.717, 1.165) is 6.07 Å². The first-order valence-corrected chi connectivity index (χ1v) is 11.5. The molecule has 0 saturated heterocycles. The van der Waals surface area contributed by atoms with Crippen LogP contribution in [-0.2, 0) is 30.6 Å². The second-order valence-electron chi connectivity index (χ2n) is 8.56. The molecule has 16 heteroatoms. The summed E-state index contributed by atoms with van der Waals surface area (Å²) in [6.07, 6.45) is -0.605. The Kier molecular flexibility index (Phi) is 6.74. The van der Waals surface area contributed by atoms with Crippen molar-refractivity contribution in [3.8, 4) is 5.82 Å². The number of carbonyl (C=O) groups excluding carboxylic acids is 3. The fraction of sp³-hybridized carbons (Fsp3) is 0.167. The Hall–Kier alpha value is -5.15.